The number of aromatic amines is 2. The number of hydrogen-bond acceptors (Lipinski definition) is 5. The van der Waals surface area contributed by atoms with Crippen LogP contribution < -0.4 is 16.0 Å². The summed E-state index contributed by atoms with van der Waals surface area (Å²) in [5.41, 5.74) is -0.646. The van der Waals surface area contributed by atoms with E-state index in [-0.39, 0.29) is 18.8 Å². The van der Waals surface area contributed by atoms with E-state index < -0.39 is 35.1 Å². The number of piperidine rings is 1. The zero-order valence-corrected chi connectivity index (χ0v) is 13.2. The van der Waals surface area contributed by atoms with Gasteiger partial charge in [0.1, 0.15) is 29.6 Å². The van der Waals surface area contributed by atoms with E-state index in [0.29, 0.717) is 18.7 Å². The van der Waals surface area contributed by atoms with Crippen LogP contribution in [0.15, 0.2) is 33.9 Å². The van der Waals surface area contributed by atoms with E-state index in [1.165, 1.54) is 6.07 Å². The van der Waals surface area contributed by atoms with Crippen LogP contribution in [0.3, 0.4) is 0 Å². The Kier molecular flexibility index (Phi) is 4.95. The van der Waals surface area contributed by atoms with Gasteiger partial charge in [0.25, 0.3) is 5.56 Å². The fraction of sp³-hybridized carbons (Fsp3) is 0.375. The lowest BCUT2D eigenvalue weighted by atomic mass is 10.0. The molecule has 3 rings (SSSR count). The Morgan fingerprint density at radius 3 is 2.52 bits per heavy atom. The minimum Gasteiger partial charge on any atom is -0.487 e. The maximum absolute atomic E-state index is 13.2. The van der Waals surface area contributed by atoms with Crippen molar-refractivity contribution in [3.05, 3.63) is 62.4 Å². The molecule has 2 aromatic rings. The highest BCUT2D eigenvalue weighted by Gasteiger charge is 2.29. The molecule has 0 radical (unpaired) electrons. The monoisotopic (exact) mass is 353 g/mol. The number of halogens is 2. The van der Waals surface area contributed by atoms with Gasteiger partial charge >= 0.3 is 5.69 Å². The van der Waals surface area contributed by atoms with Gasteiger partial charge in [0.15, 0.2) is 0 Å². The maximum Gasteiger partial charge on any atom is 0.325 e. The van der Waals surface area contributed by atoms with Crippen molar-refractivity contribution in [2.45, 2.75) is 25.2 Å². The van der Waals surface area contributed by atoms with E-state index in [1.54, 1.807) is 0 Å². The highest BCUT2D eigenvalue weighted by molar-refractivity contribution is 5.24. The van der Waals surface area contributed by atoms with Gasteiger partial charge in [0.05, 0.1) is 0 Å². The third-order valence-electron chi connectivity index (χ3n) is 3.94. The lowest BCUT2D eigenvalue weighted by molar-refractivity contribution is -0.0280. The van der Waals surface area contributed by atoms with Gasteiger partial charge in [0, 0.05) is 49.6 Å². The zero-order chi connectivity index (χ0) is 18.0. The molecule has 0 bridgehead atoms. The lowest BCUT2D eigenvalue weighted by Crippen LogP contribution is -2.48. The van der Waals surface area contributed by atoms with Crippen molar-refractivity contribution in [3.8, 4) is 5.75 Å². The van der Waals surface area contributed by atoms with Crippen molar-refractivity contribution in [2.75, 3.05) is 13.1 Å². The number of likely N-dealkylation sites (tertiary alicyclic amines) is 1. The third kappa shape index (κ3) is 4.52. The molecule has 1 fully saturated rings. The summed E-state index contributed by atoms with van der Waals surface area (Å²) in [4.78, 5) is 29.0. The normalized spacial score (nSPS) is 21.2. The first kappa shape index (κ1) is 17.3. The second kappa shape index (κ2) is 7.16. The summed E-state index contributed by atoms with van der Waals surface area (Å²) in [5, 5.41) is 10.2. The number of aromatic nitrogens is 2. The minimum atomic E-state index is -0.881. The van der Waals surface area contributed by atoms with Crippen LogP contribution in [0.25, 0.3) is 0 Å². The molecule has 9 heteroatoms. The van der Waals surface area contributed by atoms with E-state index in [9.17, 15) is 23.5 Å². The molecule has 1 aliphatic rings. The summed E-state index contributed by atoms with van der Waals surface area (Å²) >= 11 is 0. The standard InChI is InChI=1S/C16H17F2N3O4/c17-9-3-10(18)5-12(4-9)25-14-1-2-21(8-13(14)22)7-11-6-15(23)20-16(24)19-11/h3-6,13-14,22H,1-2,7-8H2,(H2,19,20,23,24)/t13-,14-/m1/s1. The molecule has 25 heavy (non-hydrogen) atoms. The van der Waals surface area contributed by atoms with Crippen LogP contribution in [0.4, 0.5) is 8.78 Å². The van der Waals surface area contributed by atoms with Crippen LogP contribution in [-0.2, 0) is 6.54 Å². The average molecular weight is 353 g/mol. The summed E-state index contributed by atoms with van der Waals surface area (Å²) in [5.74, 6) is -1.48. The molecule has 3 N–H and O–H groups in total. The smallest absolute Gasteiger partial charge is 0.325 e. The Balaban J connectivity index is 1.62. The summed E-state index contributed by atoms with van der Waals surface area (Å²) in [6.45, 7) is 1.04. The van der Waals surface area contributed by atoms with Gasteiger partial charge in [-0.05, 0) is 6.42 Å². The van der Waals surface area contributed by atoms with Crippen LogP contribution in [-0.4, -0.2) is 45.3 Å². The Morgan fingerprint density at radius 1 is 1.16 bits per heavy atom. The summed E-state index contributed by atoms with van der Waals surface area (Å²) in [7, 11) is 0. The van der Waals surface area contributed by atoms with Crippen molar-refractivity contribution in [1.82, 2.24) is 14.9 Å². The number of aliphatic hydroxyl groups excluding tert-OH is 1. The van der Waals surface area contributed by atoms with Gasteiger partial charge in [0.2, 0.25) is 0 Å². The fourth-order valence-corrected chi connectivity index (χ4v) is 2.87. The fourth-order valence-electron chi connectivity index (χ4n) is 2.87. The van der Waals surface area contributed by atoms with E-state index in [1.807, 2.05) is 4.90 Å². The first-order chi connectivity index (χ1) is 11.9. The molecule has 0 aliphatic carbocycles. The largest absolute Gasteiger partial charge is 0.487 e. The third-order valence-corrected chi connectivity index (χ3v) is 3.94. The second-order valence-corrected chi connectivity index (χ2v) is 5.97. The zero-order valence-electron chi connectivity index (χ0n) is 13.2. The van der Waals surface area contributed by atoms with Gasteiger partial charge in [-0.1, -0.05) is 0 Å². The van der Waals surface area contributed by atoms with Gasteiger partial charge in [-0.25, -0.2) is 13.6 Å². The summed E-state index contributed by atoms with van der Waals surface area (Å²) in [6, 6.07) is 4.15. The van der Waals surface area contributed by atoms with Gasteiger partial charge in [-0.3, -0.25) is 14.7 Å². The molecule has 1 aromatic carbocycles. The van der Waals surface area contributed by atoms with Crippen molar-refractivity contribution < 1.29 is 18.6 Å². The number of nitrogens with one attached hydrogen (secondary N) is 2. The predicted molar refractivity (Wildman–Crippen MR) is 84.4 cm³/mol. The van der Waals surface area contributed by atoms with Gasteiger partial charge in [-0.2, -0.15) is 0 Å². The first-order valence-electron chi connectivity index (χ1n) is 7.75. The van der Waals surface area contributed by atoms with Crippen LogP contribution in [0.1, 0.15) is 12.1 Å². The van der Waals surface area contributed by atoms with E-state index in [2.05, 4.69) is 9.97 Å². The minimum absolute atomic E-state index is 0.0222. The number of benzene rings is 1. The molecule has 1 aliphatic heterocycles. The summed E-state index contributed by atoms with van der Waals surface area (Å²) in [6.07, 6.45) is -1.06. The van der Waals surface area contributed by atoms with E-state index >= 15 is 0 Å². The van der Waals surface area contributed by atoms with Gasteiger partial charge in [-0.15, -0.1) is 0 Å². The number of β-amino-alcohol motifs (C(OH)–C–C–N with tert-alkyl or cyclic N) is 1. The molecule has 7 nitrogen and oxygen atoms in total. The maximum atomic E-state index is 13.2. The van der Waals surface area contributed by atoms with Crippen LogP contribution in [0, 0.1) is 11.6 Å². The number of aliphatic hydroxyl groups is 1. The molecule has 0 amide bonds. The SMILES string of the molecule is O=c1cc(CN2CC[C@@H](Oc3cc(F)cc(F)c3)[C@H](O)C2)[nH]c(=O)[nH]1. The quantitative estimate of drug-likeness (QED) is 0.737. The van der Waals surface area contributed by atoms with Crippen molar-refractivity contribution in [3.63, 3.8) is 0 Å². The topological polar surface area (TPSA) is 98.4 Å². The number of nitrogens with zero attached hydrogens (tertiary/aromatic N) is 1. The van der Waals surface area contributed by atoms with Crippen molar-refractivity contribution in [2.24, 2.45) is 0 Å². The molecule has 2 atom stereocenters. The Morgan fingerprint density at radius 2 is 1.88 bits per heavy atom. The van der Waals surface area contributed by atoms with Crippen molar-refractivity contribution in [1.29, 1.82) is 0 Å². The highest BCUT2D eigenvalue weighted by Crippen LogP contribution is 2.22. The highest BCUT2D eigenvalue weighted by atomic mass is 19.1. The number of H-pyrrole nitrogens is 2. The van der Waals surface area contributed by atoms with E-state index in [0.717, 1.165) is 18.2 Å². The molecular formula is C16H17F2N3O4. The van der Waals surface area contributed by atoms with E-state index in [4.69, 9.17) is 4.74 Å². The van der Waals surface area contributed by atoms with Crippen molar-refractivity contribution >= 4 is 0 Å². The lowest BCUT2D eigenvalue weighted by Gasteiger charge is -2.35. The van der Waals surface area contributed by atoms with Crippen LogP contribution >= 0.6 is 0 Å². The first-order valence-corrected chi connectivity index (χ1v) is 7.75. The number of rotatable bonds is 4. The molecule has 0 unspecified atom stereocenters. The van der Waals surface area contributed by atoms with Crippen LogP contribution in [0.2, 0.25) is 0 Å². The van der Waals surface area contributed by atoms with Gasteiger partial charge < -0.3 is 14.8 Å². The molecule has 0 saturated carbocycles. The van der Waals surface area contributed by atoms with Crippen LogP contribution in [0.5, 0.6) is 5.75 Å². The molecule has 0 spiro atoms. The predicted octanol–water partition coefficient (Wildman–Crippen LogP) is 0.356. The average Bonchev–Trinajstić information content (AvgIpc) is 2.48. The number of hydrogen-bond donors (Lipinski definition) is 3. The Labute approximate surface area is 140 Å². The molecule has 2 heterocycles. The Hall–Kier alpha value is -2.52. The second-order valence-electron chi connectivity index (χ2n) is 5.97. The number of ether oxygens (including phenoxy) is 1. The molecule has 1 aromatic heterocycles. The molecule has 1 saturated heterocycles. The molecule has 134 valence electrons. The molecular weight excluding hydrogens is 336 g/mol. The Bertz CT molecular complexity index is 818. The summed E-state index contributed by atoms with van der Waals surface area (Å²) < 4.78 is 31.9.